The van der Waals surface area contributed by atoms with E-state index in [0.29, 0.717) is 23.5 Å². The molecule has 0 saturated carbocycles. The molecule has 2 aromatic heterocycles. The molecule has 1 saturated heterocycles. The van der Waals surface area contributed by atoms with Gasteiger partial charge in [-0.2, -0.15) is 18.5 Å². The lowest BCUT2D eigenvalue weighted by Gasteiger charge is -2.13. The fraction of sp³-hybridized carbons (Fsp3) is 0.250. The molecule has 0 aliphatic carbocycles. The maximum absolute atomic E-state index is 14.8. The molecule has 1 atom stereocenters. The number of nitrogens with one attached hydrogen (secondary N) is 2. The number of aromatic amines is 1. The number of aryl methyl sites for hydroxylation is 1. The minimum Gasteiger partial charge on any atom is -0.489 e. The van der Waals surface area contributed by atoms with Crippen LogP contribution in [0.2, 0.25) is 0 Å². The Bertz CT molecular complexity index is 1220. The number of fused-ring (bicyclic) bond motifs is 1. The van der Waals surface area contributed by atoms with Crippen molar-refractivity contribution in [1.82, 2.24) is 20.3 Å². The largest absolute Gasteiger partial charge is 0.489 e. The number of nitrogens with zero attached hydrogens (tertiary/aromatic N) is 2. The van der Waals surface area contributed by atoms with E-state index in [1.165, 1.54) is 0 Å². The van der Waals surface area contributed by atoms with Crippen LogP contribution in [0.5, 0.6) is 17.4 Å². The maximum atomic E-state index is 14.8. The number of benzene rings is 2. The molecule has 1 aliphatic rings. The van der Waals surface area contributed by atoms with Crippen LogP contribution in [0.3, 0.4) is 0 Å². The van der Waals surface area contributed by atoms with Gasteiger partial charge >= 0.3 is 0 Å². The average molecular weight is 453 g/mol. The van der Waals surface area contributed by atoms with E-state index in [9.17, 15) is 4.39 Å². The van der Waals surface area contributed by atoms with Crippen molar-refractivity contribution >= 4 is 24.4 Å². The van der Waals surface area contributed by atoms with Gasteiger partial charge in [0.2, 0.25) is 5.88 Å². The van der Waals surface area contributed by atoms with Gasteiger partial charge in [-0.15, -0.1) is 0 Å². The van der Waals surface area contributed by atoms with Gasteiger partial charge in [-0.1, -0.05) is 12.1 Å². The van der Waals surface area contributed by atoms with Crippen LogP contribution in [0.15, 0.2) is 54.7 Å². The first-order valence-electron chi connectivity index (χ1n) is 10.4. The zero-order valence-corrected chi connectivity index (χ0v) is 18.7. The lowest BCUT2D eigenvalue weighted by molar-refractivity contribution is 0.223. The number of aromatic nitrogens is 3. The lowest BCUT2D eigenvalue weighted by atomic mass is 10.1. The molecule has 1 fully saturated rings. The second-order valence-electron chi connectivity index (χ2n) is 7.76. The minimum atomic E-state index is -0.409. The first kappa shape index (κ1) is 22.1. The van der Waals surface area contributed by atoms with Crippen LogP contribution in [-0.4, -0.2) is 34.1 Å². The van der Waals surface area contributed by atoms with Gasteiger partial charge in [0.05, 0.1) is 0 Å². The summed E-state index contributed by atoms with van der Waals surface area (Å²) in [5.41, 5.74) is 2.67. The number of hydrogen-bond donors (Lipinski definition) is 2. The van der Waals surface area contributed by atoms with Crippen LogP contribution in [0, 0.1) is 12.7 Å². The fourth-order valence-corrected chi connectivity index (χ4v) is 3.83. The van der Waals surface area contributed by atoms with Crippen molar-refractivity contribution < 1.29 is 13.9 Å². The molecule has 3 heterocycles. The summed E-state index contributed by atoms with van der Waals surface area (Å²) in [5.74, 6) is 1.47. The van der Waals surface area contributed by atoms with E-state index < -0.39 is 5.82 Å². The molecule has 5 rings (SSSR count). The lowest BCUT2D eigenvalue weighted by Crippen LogP contribution is -2.19. The summed E-state index contributed by atoms with van der Waals surface area (Å²) in [6.07, 6.45) is 3.37. The number of ether oxygens (including phenoxy) is 2. The van der Waals surface area contributed by atoms with Crippen LogP contribution in [-0.2, 0) is 6.42 Å². The van der Waals surface area contributed by atoms with Crippen LogP contribution in [0.4, 0.5) is 4.39 Å². The Hall–Kier alpha value is -3.10. The van der Waals surface area contributed by atoms with Crippen molar-refractivity contribution in [3.8, 4) is 17.4 Å². The van der Waals surface area contributed by atoms with Gasteiger partial charge in [-0.3, -0.25) is 0 Å². The minimum absolute atomic E-state index is 0. The predicted molar refractivity (Wildman–Crippen MR) is 127 cm³/mol. The van der Waals surface area contributed by atoms with Crippen molar-refractivity contribution in [3.63, 3.8) is 0 Å². The van der Waals surface area contributed by atoms with Crippen molar-refractivity contribution in [3.05, 3.63) is 77.6 Å². The number of rotatable bonds is 6. The third-order valence-electron chi connectivity index (χ3n) is 5.31. The average Bonchev–Trinajstić information content (AvgIpc) is 3.40. The number of hydrogen-bond acceptors (Lipinski definition) is 5. The Kier molecular flexibility index (Phi) is 6.62. The second kappa shape index (κ2) is 9.58. The fourth-order valence-electron chi connectivity index (χ4n) is 3.83. The first-order chi connectivity index (χ1) is 15.1. The highest BCUT2D eigenvalue weighted by Gasteiger charge is 2.16. The molecule has 0 bridgehead atoms. The molecule has 2 aromatic carbocycles. The zero-order valence-electron chi connectivity index (χ0n) is 17.7. The Labute approximate surface area is 192 Å². The van der Waals surface area contributed by atoms with Gasteiger partial charge in [0, 0.05) is 41.8 Å². The van der Waals surface area contributed by atoms with E-state index in [4.69, 9.17) is 9.47 Å². The molecule has 0 unspecified atom stereocenters. The van der Waals surface area contributed by atoms with E-state index in [0.717, 1.165) is 42.0 Å². The summed E-state index contributed by atoms with van der Waals surface area (Å²) in [6.45, 7) is 3.75. The maximum Gasteiger partial charge on any atom is 0.222 e. The van der Waals surface area contributed by atoms with Crippen LogP contribution < -0.4 is 14.8 Å². The third kappa shape index (κ3) is 4.87. The Morgan fingerprint density at radius 3 is 2.91 bits per heavy atom. The monoisotopic (exact) mass is 452 g/mol. The van der Waals surface area contributed by atoms with E-state index in [1.54, 1.807) is 30.5 Å². The smallest absolute Gasteiger partial charge is 0.222 e. The quantitative estimate of drug-likeness (QED) is 0.446. The van der Waals surface area contributed by atoms with Crippen molar-refractivity contribution in [2.75, 3.05) is 13.1 Å². The summed E-state index contributed by atoms with van der Waals surface area (Å²) in [6, 6.07) is 14.8. The molecule has 32 heavy (non-hydrogen) atoms. The molecule has 4 aromatic rings. The van der Waals surface area contributed by atoms with Gasteiger partial charge < -0.3 is 19.8 Å². The van der Waals surface area contributed by atoms with E-state index in [-0.39, 0.29) is 25.3 Å². The van der Waals surface area contributed by atoms with Crippen molar-refractivity contribution in [1.29, 1.82) is 0 Å². The molecule has 1 aliphatic heterocycles. The second-order valence-corrected chi connectivity index (χ2v) is 7.76. The highest BCUT2D eigenvalue weighted by molar-refractivity contribution is 7.59. The summed E-state index contributed by atoms with van der Waals surface area (Å²) in [5, 5.41) is 3.80. The standard InChI is InChI=1S/C24H23FN4O2.H2S/c1-15-11-19-20(28-15)5-6-21(24(19)25)31-23-8-10-27-22(29-23)13-16-3-2-4-17(12-16)30-18-7-9-26-14-18;/h2-6,8,10-12,18,26,28H,7,9,13-14H2,1H3;1H2/t18-;/m0./s1. The summed E-state index contributed by atoms with van der Waals surface area (Å²) in [4.78, 5) is 11.9. The van der Waals surface area contributed by atoms with Gasteiger partial charge in [0.15, 0.2) is 11.6 Å². The molecule has 0 spiro atoms. The van der Waals surface area contributed by atoms with Crippen LogP contribution >= 0.6 is 13.5 Å². The van der Waals surface area contributed by atoms with Crippen molar-refractivity contribution in [2.24, 2.45) is 0 Å². The molecule has 8 heteroatoms. The Morgan fingerprint density at radius 2 is 2.06 bits per heavy atom. The van der Waals surface area contributed by atoms with Crippen molar-refractivity contribution in [2.45, 2.75) is 25.9 Å². The summed E-state index contributed by atoms with van der Waals surface area (Å²) < 4.78 is 26.6. The van der Waals surface area contributed by atoms with Crippen LogP contribution in [0.25, 0.3) is 10.9 Å². The Balaban J connectivity index is 0.00000245. The molecular formula is C24H25FN4O2S. The van der Waals surface area contributed by atoms with Gasteiger partial charge in [-0.05, 0) is 55.8 Å². The van der Waals surface area contributed by atoms with E-state index in [2.05, 4.69) is 20.3 Å². The SMILES string of the molecule is Cc1cc2c(F)c(Oc3ccnc(Cc4cccc(O[C@H]5CCNC5)c4)n3)ccc2[nH]1.S. The molecule has 0 amide bonds. The normalized spacial score (nSPS) is 15.5. The molecule has 6 nitrogen and oxygen atoms in total. The van der Waals surface area contributed by atoms with E-state index in [1.807, 2.05) is 31.2 Å². The summed E-state index contributed by atoms with van der Waals surface area (Å²) in [7, 11) is 0. The first-order valence-corrected chi connectivity index (χ1v) is 10.4. The zero-order chi connectivity index (χ0) is 21.2. The molecule has 2 N–H and O–H groups in total. The number of H-pyrrole nitrogens is 1. The van der Waals surface area contributed by atoms with Gasteiger partial charge in [0.1, 0.15) is 17.7 Å². The molecular weight excluding hydrogens is 427 g/mol. The third-order valence-corrected chi connectivity index (χ3v) is 5.31. The highest BCUT2D eigenvalue weighted by Crippen LogP contribution is 2.30. The summed E-state index contributed by atoms with van der Waals surface area (Å²) >= 11 is 0. The topological polar surface area (TPSA) is 72.1 Å². The van der Waals surface area contributed by atoms with Crippen LogP contribution in [0.1, 0.15) is 23.5 Å². The highest BCUT2D eigenvalue weighted by atomic mass is 32.1. The Morgan fingerprint density at radius 1 is 1.16 bits per heavy atom. The van der Waals surface area contributed by atoms with E-state index >= 15 is 0 Å². The number of halogens is 1. The predicted octanol–water partition coefficient (Wildman–Crippen LogP) is 4.64. The molecule has 0 radical (unpaired) electrons. The molecule has 166 valence electrons. The van der Waals surface area contributed by atoms with Gasteiger partial charge in [-0.25, -0.2) is 9.37 Å². The van der Waals surface area contributed by atoms with Gasteiger partial charge in [0.25, 0.3) is 0 Å².